The summed E-state index contributed by atoms with van der Waals surface area (Å²) >= 11 is 6.16. The highest BCUT2D eigenvalue weighted by Gasteiger charge is 2.09. The van der Waals surface area contributed by atoms with E-state index >= 15 is 0 Å². The predicted octanol–water partition coefficient (Wildman–Crippen LogP) is 3.43. The van der Waals surface area contributed by atoms with Crippen LogP contribution in [-0.2, 0) is 0 Å². The van der Waals surface area contributed by atoms with Crippen molar-refractivity contribution in [1.82, 2.24) is 5.43 Å². The number of ether oxygens (including phenoxy) is 2. The molecule has 0 heterocycles. The Kier molecular flexibility index (Phi) is 5.60. The van der Waals surface area contributed by atoms with Crippen LogP contribution in [0.5, 0.6) is 11.5 Å². The maximum atomic E-state index is 12.1. The van der Waals surface area contributed by atoms with Gasteiger partial charge in [-0.3, -0.25) is 4.79 Å². The molecule has 0 saturated heterocycles. The molecule has 2 aromatic carbocycles. The molecule has 0 unspecified atom stereocenters. The third-order valence-corrected chi connectivity index (χ3v) is 3.59. The fraction of sp³-hybridized carbons (Fsp3) is 0.176. The van der Waals surface area contributed by atoms with E-state index in [-0.39, 0.29) is 5.91 Å². The van der Waals surface area contributed by atoms with Gasteiger partial charge in [-0.1, -0.05) is 29.8 Å². The minimum Gasteiger partial charge on any atom is -0.493 e. The van der Waals surface area contributed by atoms with Gasteiger partial charge in [0.25, 0.3) is 5.91 Å². The largest absolute Gasteiger partial charge is 0.493 e. The molecule has 0 spiro atoms. The highest BCUT2D eigenvalue weighted by atomic mass is 35.5. The molecule has 0 aliphatic carbocycles. The minimum absolute atomic E-state index is 0.282. The topological polar surface area (TPSA) is 59.9 Å². The second-order valence-corrected chi connectivity index (χ2v) is 5.15. The number of hydrazone groups is 1. The molecule has 0 aromatic heterocycles. The molecule has 0 aliphatic rings. The smallest absolute Gasteiger partial charge is 0.271 e. The molecule has 1 amide bonds. The second-order valence-electron chi connectivity index (χ2n) is 4.74. The molecular formula is C17H17ClN2O3. The summed E-state index contributed by atoms with van der Waals surface area (Å²) in [5.41, 5.74) is 4.54. The summed E-state index contributed by atoms with van der Waals surface area (Å²) in [5, 5.41) is 4.39. The van der Waals surface area contributed by atoms with Crippen molar-refractivity contribution in [3.63, 3.8) is 0 Å². The summed E-state index contributed by atoms with van der Waals surface area (Å²) < 4.78 is 10.4. The van der Waals surface area contributed by atoms with Gasteiger partial charge in [-0.2, -0.15) is 5.10 Å². The minimum atomic E-state index is -0.282. The van der Waals surface area contributed by atoms with Gasteiger partial charge in [0.1, 0.15) is 0 Å². The number of halogens is 1. The Bertz CT molecular complexity index is 745. The first kappa shape index (κ1) is 16.8. The molecule has 2 rings (SSSR count). The molecule has 0 bridgehead atoms. The molecule has 6 heteroatoms. The van der Waals surface area contributed by atoms with Crippen LogP contribution in [0.2, 0.25) is 5.02 Å². The third kappa shape index (κ3) is 4.02. The summed E-state index contributed by atoms with van der Waals surface area (Å²) in [6, 6.07) is 10.6. The van der Waals surface area contributed by atoms with Gasteiger partial charge in [-0.15, -0.1) is 0 Å². The number of nitrogens with one attached hydrogen (secondary N) is 1. The average Bonchev–Trinajstić information content (AvgIpc) is 2.56. The maximum absolute atomic E-state index is 12.1. The van der Waals surface area contributed by atoms with Gasteiger partial charge in [0.2, 0.25) is 0 Å². The number of hydrogen-bond donors (Lipinski definition) is 1. The van der Waals surface area contributed by atoms with Crippen molar-refractivity contribution in [2.24, 2.45) is 5.10 Å². The lowest BCUT2D eigenvalue weighted by Crippen LogP contribution is -2.18. The van der Waals surface area contributed by atoms with Crippen molar-refractivity contribution < 1.29 is 14.3 Å². The fourth-order valence-electron chi connectivity index (χ4n) is 2.02. The Labute approximate surface area is 139 Å². The summed E-state index contributed by atoms with van der Waals surface area (Å²) in [4.78, 5) is 12.1. The van der Waals surface area contributed by atoms with Gasteiger partial charge in [0, 0.05) is 17.2 Å². The van der Waals surface area contributed by atoms with E-state index in [1.54, 1.807) is 24.3 Å². The second kappa shape index (κ2) is 7.65. The zero-order valence-electron chi connectivity index (χ0n) is 13.1. The molecule has 1 N–H and O–H groups in total. The number of rotatable bonds is 5. The molecule has 0 atom stereocenters. The summed E-state index contributed by atoms with van der Waals surface area (Å²) in [6.07, 6.45) is 1.46. The van der Waals surface area contributed by atoms with Gasteiger partial charge in [-0.05, 0) is 24.6 Å². The van der Waals surface area contributed by atoms with Crippen LogP contribution in [0.25, 0.3) is 0 Å². The van der Waals surface area contributed by atoms with Crippen LogP contribution in [0.3, 0.4) is 0 Å². The van der Waals surface area contributed by atoms with E-state index in [9.17, 15) is 4.79 Å². The monoisotopic (exact) mass is 332 g/mol. The Morgan fingerprint density at radius 2 is 1.83 bits per heavy atom. The molecule has 2 aromatic rings. The average molecular weight is 333 g/mol. The number of carbonyl (C=O) groups is 1. The lowest BCUT2D eigenvalue weighted by atomic mass is 10.1. The molecular weight excluding hydrogens is 316 g/mol. The lowest BCUT2D eigenvalue weighted by molar-refractivity contribution is 0.0954. The van der Waals surface area contributed by atoms with Crippen molar-refractivity contribution in [2.45, 2.75) is 6.92 Å². The number of carbonyl (C=O) groups excluding carboxylic acids is 1. The van der Waals surface area contributed by atoms with E-state index in [2.05, 4.69) is 10.5 Å². The third-order valence-electron chi connectivity index (χ3n) is 3.26. The molecule has 23 heavy (non-hydrogen) atoms. The highest BCUT2D eigenvalue weighted by molar-refractivity contribution is 6.33. The molecule has 0 fully saturated rings. The van der Waals surface area contributed by atoms with Crippen LogP contribution >= 0.6 is 11.6 Å². The molecule has 0 saturated carbocycles. The van der Waals surface area contributed by atoms with E-state index < -0.39 is 0 Å². The maximum Gasteiger partial charge on any atom is 0.271 e. The van der Waals surface area contributed by atoms with Crippen LogP contribution in [0.4, 0.5) is 0 Å². The first-order chi connectivity index (χ1) is 11.1. The van der Waals surface area contributed by atoms with Gasteiger partial charge in [0.05, 0.1) is 25.5 Å². The van der Waals surface area contributed by atoms with Crippen molar-refractivity contribution in [3.05, 3.63) is 58.1 Å². The number of nitrogens with zero attached hydrogens (tertiary/aromatic N) is 1. The van der Waals surface area contributed by atoms with E-state index in [4.69, 9.17) is 21.1 Å². The van der Waals surface area contributed by atoms with Gasteiger partial charge in [-0.25, -0.2) is 5.43 Å². The number of benzene rings is 2. The Morgan fingerprint density at radius 1 is 1.17 bits per heavy atom. The van der Waals surface area contributed by atoms with Crippen LogP contribution in [0.1, 0.15) is 21.5 Å². The number of amides is 1. The number of hydrogen-bond acceptors (Lipinski definition) is 4. The van der Waals surface area contributed by atoms with Gasteiger partial charge in [0.15, 0.2) is 11.5 Å². The SMILES string of the molecule is COc1cc(Cl)c(/C=N/NC(=O)c2ccccc2C)cc1OC. The van der Waals surface area contributed by atoms with Gasteiger partial charge >= 0.3 is 0 Å². The van der Waals surface area contributed by atoms with E-state index in [1.807, 2.05) is 19.1 Å². The highest BCUT2D eigenvalue weighted by Crippen LogP contribution is 2.32. The van der Waals surface area contributed by atoms with Gasteiger partial charge < -0.3 is 9.47 Å². The molecule has 0 radical (unpaired) electrons. The van der Waals surface area contributed by atoms with E-state index in [0.29, 0.717) is 27.6 Å². The van der Waals surface area contributed by atoms with Crippen LogP contribution in [0.15, 0.2) is 41.5 Å². The zero-order chi connectivity index (χ0) is 16.8. The first-order valence-corrected chi connectivity index (χ1v) is 7.25. The first-order valence-electron chi connectivity index (χ1n) is 6.87. The Hall–Kier alpha value is -2.53. The normalized spacial score (nSPS) is 10.6. The fourth-order valence-corrected chi connectivity index (χ4v) is 2.22. The standard InChI is InChI=1S/C17H17ClN2O3/c1-11-6-4-5-7-13(11)17(21)20-19-10-12-8-15(22-2)16(23-3)9-14(12)18/h4-10H,1-3H3,(H,20,21)/b19-10+. The Morgan fingerprint density at radius 3 is 2.48 bits per heavy atom. The zero-order valence-corrected chi connectivity index (χ0v) is 13.8. The summed E-state index contributed by atoms with van der Waals surface area (Å²) in [5.74, 6) is 0.776. The van der Waals surface area contributed by atoms with Crippen molar-refractivity contribution in [1.29, 1.82) is 0 Å². The summed E-state index contributed by atoms with van der Waals surface area (Å²) in [6.45, 7) is 1.86. The van der Waals surface area contributed by atoms with Crippen molar-refractivity contribution >= 4 is 23.7 Å². The lowest BCUT2D eigenvalue weighted by Gasteiger charge is -2.09. The van der Waals surface area contributed by atoms with Crippen LogP contribution in [0, 0.1) is 6.92 Å². The Balaban J connectivity index is 2.15. The van der Waals surface area contributed by atoms with Crippen LogP contribution in [-0.4, -0.2) is 26.3 Å². The predicted molar refractivity (Wildman–Crippen MR) is 90.8 cm³/mol. The summed E-state index contributed by atoms with van der Waals surface area (Å²) in [7, 11) is 3.07. The van der Waals surface area contributed by atoms with E-state index in [0.717, 1.165) is 5.56 Å². The molecule has 5 nitrogen and oxygen atoms in total. The van der Waals surface area contributed by atoms with E-state index in [1.165, 1.54) is 20.4 Å². The van der Waals surface area contributed by atoms with Crippen LogP contribution < -0.4 is 14.9 Å². The number of aryl methyl sites for hydroxylation is 1. The molecule has 120 valence electrons. The molecule has 0 aliphatic heterocycles. The van der Waals surface area contributed by atoms with Crippen molar-refractivity contribution in [2.75, 3.05) is 14.2 Å². The quantitative estimate of drug-likeness (QED) is 0.674. The number of methoxy groups -OCH3 is 2. The van der Waals surface area contributed by atoms with Crippen molar-refractivity contribution in [3.8, 4) is 11.5 Å².